The first kappa shape index (κ1) is 27.8. The summed E-state index contributed by atoms with van der Waals surface area (Å²) in [6.45, 7) is 8.19. The molecule has 0 fully saturated rings. The van der Waals surface area contributed by atoms with Crippen LogP contribution in [0, 0.1) is 13.8 Å². The van der Waals surface area contributed by atoms with Gasteiger partial charge in [0.2, 0.25) is 11.8 Å². The number of carbonyl (C=O) groups is 2. The van der Waals surface area contributed by atoms with Gasteiger partial charge in [0.05, 0.1) is 6.42 Å². The summed E-state index contributed by atoms with van der Waals surface area (Å²) in [5, 5.41) is 4.01. The van der Waals surface area contributed by atoms with Crippen molar-refractivity contribution in [3.05, 3.63) is 105 Å². The van der Waals surface area contributed by atoms with E-state index in [0.29, 0.717) is 22.0 Å². The van der Waals surface area contributed by atoms with Crippen LogP contribution in [0.5, 0.6) is 0 Å². The summed E-state index contributed by atoms with van der Waals surface area (Å²) in [7, 11) is 0. The number of hydrogen-bond acceptors (Lipinski definition) is 2. The zero-order valence-electron chi connectivity index (χ0n) is 21.4. The van der Waals surface area contributed by atoms with Crippen LogP contribution in [0.4, 0.5) is 0 Å². The lowest BCUT2D eigenvalue weighted by atomic mass is 10.00. The molecular formula is C30H34Cl2N2O2. The van der Waals surface area contributed by atoms with Crippen LogP contribution >= 0.6 is 23.2 Å². The average molecular weight is 526 g/mol. The summed E-state index contributed by atoms with van der Waals surface area (Å²) < 4.78 is 0. The molecule has 190 valence electrons. The van der Waals surface area contributed by atoms with Crippen molar-refractivity contribution < 1.29 is 9.59 Å². The van der Waals surface area contributed by atoms with E-state index in [0.717, 1.165) is 23.1 Å². The molecule has 0 aliphatic heterocycles. The fourth-order valence-electron chi connectivity index (χ4n) is 4.04. The molecular weight excluding hydrogens is 491 g/mol. The number of hydrogen-bond donors (Lipinski definition) is 1. The second-order valence-electron chi connectivity index (χ2n) is 9.34. The molecule has 2 atom stereocenters. The van der Waals surface area contributed by atoms with Gasteiger partial charge in [0.1, 0.15) is 6.04 Å². The molecule has 0 unspecified atom stereocenters. The van der Waals surface area contributed by atoms with Gasteiger partial charge in [-0.2, -0.15) is 0 Å². The number of halogens is 2. The predicted octanol–water partition coefficient (Wildman–Crippen LogP) is 6.71. The molecule has 0 bridgehead atoms. The van der Waals surface area contributed by atoms with Crippen LogP contribution < -0.4 is 5.32 Å². The van der Waals surface area contributed by atoms with E-state index in [4.69, 9.17) is 23.2 Å². The average Bonchev–Trinajstić information content (AvgIpc) is 2.85. The normalized spacial score (nSPS) is 12.6. The lowest BCUT2D eigenvalue weighted by molar-refractivity contribution is -0.141. The number of rotatable bonds is 10. The first-order valence-electron chi connectivity index (χ1n) is 12.3. The van der Waals surface area contributed by atoms with E-state index in [9.17, 15) is 9.59 Å². The Labute approximate surface area is 224 Å². The molecule has 0 spiro atoms. The van der Waals surface area contributed by atoms with Gasteiger partial charge < -0.3 is 10.2 Å². The van der Waals surface area contributed by atoms with Crippen LogP contribution in [0.15, 0.2) is 66.7 Å². The highest BCUT2D eigenvalue weighted by Crippen LogP contribution is 2.28. The molecule has 0 aromatic heterocycles. The lowest BCUT2D eigenvalue weighted by Crippen LogP contribution is -2.52. The van der Waals surface area contributed by atoms with Crippen molar-refractivity contribution in [2.45, 2.75) is 65.6 Å². The van der Waals surface area contributed by atoms with Crippen molar-refractivity contribution in [3.63, 3.8) is 0 Å². The van der Waals surface area contributed by atoms with Crippen molar-refractivity contribution in [1.82, 2.24) is 10.2 Å². The Morgan fingerprint density at radius 1 is 0.889 bits per heavy atom. The summed E-state index contributed by atoms with van der Waals surface area (Å²) >= 11 is 13.0. The minimum Gasteiger partial charge on any atom is -0.352 e. The standard InChI is InChI=1S/C30H34Cl2N2O2/c1-5-22(4)33-30(36)28(17-23-10-7-6-8-11-23)34(19-25-26(31)12-9-13-27(25)32)29(35)18-24-15-14-20(2)21(3)16-24/h6-16,22,28H,5,17-19H2,1-4H3,(H,33,36)/t22-,28-/m1/s1. The monoisotopic (exact) mass is 524 g/mol. The quantitative estimate of drug-likeness (QED) is 0.320. The number of carbonyl (C=O) groups excluding carboxylic acids is 2. The van der Waals surface area contributed by atoms with Gasteiger partial charge in [0.25, 0.3) is 0 Å². The summed E-state index contributed by atoms with van der Waals surface area (Å²) in [4.78, 5) is 29.1. The van der Waals surface area contributed by atoms with Gasteiger partial charge in [-0.25, -0.2) is 0 Å². The lowest BCUT2D eigenvalue weighted by Gasteiger charge is -2.33. The summed E-state index contributed by atoms with van der Waals surface area (Å²) in [6, 6.07) is 20.3. The maximum absolute atomic E-state index is 13.9. The van der Waals surface area contributed by atoms with Crippen molar-refractivity contribution in [1.29, 1.82) is 0 Å². The summed E-state index contributed by atoms with van der Waals surface area (Å²) in [5.41, 5.74) is 4.79. The molecule has 3 aromatic carbocycles. The third kappa shape index (κ3) is 7.35. The maximum Gasteiger partial charge on any atom is 0.243 e. The van der Waals surface area contributed by atoms with Crippen LogP contribution in [0.2, 0.25) is 10.0 Å². The van der Waals surface area contributed by atoms with E-state index < -0.39 is 6.04 Å². The minimum atomic E-state index is -0.729. The van der Waals surface area contributed by atoms with Gasteiger partial charge in [-0.3, -0.25) is 9.59 Å². The zero-order valence-corrected chi connectivity index (χ0v) is 22.9. The van der Waals surface area contributed by atoms with Gasteiger partial charge >= 0.3 is 0 Å². The largest absolute Gasteiger partial charge is 0.352 e. The van der Waals surface area contributed by atoms with Crippen LogP contribution in [-0.4, -0.2) is 28.8 Å². The summed E-state index contributed by atoms with van der Waals surface area (Å²) in [5.74, 6) is -0.348. The highest BCUT2D eigenvalue weighted by molar-refractivity contribution is 6.36. The van der Waals surface area contributed by atoms with Gasteiger partial charge in [0.15, 0.2) is 0 Å². The van der Waals surface area contributed by atoms with E-state index in [1.54, 1.807) is 23.1 Å². The van der Waals surface area contributed by atoms with E-state index in [-0.39, 0.29) is 30.8 Å². The van der Waals surface area contributed by atoms with Crippen molar-refractivity contribution in [3.8, 4) is 0 Å². The third-order valence-corrected chi connectivity index (χ3v) is 7.30. The van der Waals surface area contributed by atoms with E-state index in [1.165, 1.54) is 5.56 Å². The molecule has 3 aromatic rings. The number of nitrogens with one attached hydrogen (secondary N) is 1. The van der Waals surface area contributed by atoms with Crippen LogP contribution in [0.3, 0.4) is 0 Å². The molecule has 6 heteroatoms. The topological polar surface area (TPSA) is 49.4 Å². The smallest absolute Gasteiger partial charge is 0.243 e. The first-order chi connectivity index (χ1) is 17.2. The molecule has 0 radical (unpaired) electrons. The molecule has 4 nitrogen and oxygen atoms in total. The molecule has 1 N–H and O–H groups in total. The number of aryl methyl sites for hydroxylation is 2. The molecule has 0 heterocycles. The molecule has 36 heavy (non-hydrogen) atoms. The highest BCUT2D eigenvalue weighted by Gasteiger charge is 2.32. The van der Waals surface area contributed by atoms with Crippen LogP contribution in [-0.2, 0) is 29.0 Å². The minimum absolute atomic E-state index is 0.0172. The Kier molecular flexibility index (Phi) is 9.98. The second-order valence-corrected chi connectivity index (χ2v) is 10.2. The molecule has 2 amide bonds. The van der Waals surface area contributed by atoms with Crippen molar-refractivity contribution >= 4 is 35.0 Å². The number of benzene rings is 3. The van der Waals surface area contributed by atoms with Gasteiger partial charge in [-0.1, -0.05) is 84.7 Å². The van der Waals surface area contributed by atoms with E-state index in [2.05, 4.69) is 5.32 Å². The molecule has 0 aliphatic rings. The van der Waals surface area contributed by atoms with E-state index >= 15 is 0 Å². The molecule has 0 saturated heterocycles. The third-order valence-electron chi connectivity index (χ3n) is 6.59. The Bertz CT molecular complexity index is 1180. The van der Waals surface area contributed by atoms with Crippen molar-refractivity contribution in [2.24, 2.45) is 0 Å². The Morgan fingerprint density at radius 3 is 2.17 bits per heavy atom. The Hall–Kier alpha value is -2.82. The maximum atomic E-state index is 13.9. The molecule has 3 rings (SSSR count). The summed E-state index contributed by atoms with van der Waals surface area (Å²) in [6.07, 6.45) is 1.34. The van der Waals surface area contributed by atoms with Gasteiger partial charge in [0, 0.05) is 34.6 Å². The van der Waals surface area contributed by atoms with Crippen LogP contribution in [0.1, 0.15) is 48.1 Å². The van der Waals surface area contributed by atoms with Crippen molar-refractivity contribution in [2.75, 3.05) is 0 Å². The van der Waals surface area contributed by atoms with Gasteiger partial charge in [-0.05, 0) is 61.6 Å². The van der Waals surface area contributed by atoms with Crippen LogP contribution in [0.25, 0.3) is 0 Å². The highest BCUT2D eigenvalue weighted by atomic mass is 35.5. The molecule has 0 aliphatic carbocycles. The van der Waals surface area contributed by atoms with Gasteiger partial charge in [-0.15, -0.1) is 0 Å². The Morgan fingerprint density at radius 2 is 1.56 bits per heavy atom. The fourth-order valence-corrected chi connectivity index (χ4v) is 4.56. The first-order valence-corrected chi connectivity index (χ1v) is 13.1. The fraction of sp³-hybridized carbons (Fsp3) is 0.333. The SMILES string of the molecule is CC[C@@H](C)NC(=O)[C@@H](Cc1ccccc1)N(Cc1c(Cl)cccc1Cl)C(=O)Cc1ccc(C)c(C)c1. The molecule has 0 saturated carbocycles. The zero-order chi connectivity index (χ0) is 26.2. The predicted molar refractivity (Wildman–Crippen MR) is 148 cm³/mol. The second kappa shape index (κ2) is 12.9. The Balaban J connectivity index is 2.03. The number of amides is 2. The number of nitrogens with zero attached hydrogens (tertiary/aromatic N) is 1. The van der Waals surface area contributed by atoms with E-state index in [1.807, 2.05) is 76.2 Å².